The third-order valence-corrected chi connectivity index (χ3v) is 14.2. The van der Waals surface area contributed by atoms with Gasteiger partial charge in [0.25, 0.3) is 0 Å². The van der Waals surface area contributed by atoms with E-state index in [4.69, 9.17) is 23.8 Å². The zero-order chi connectivity index (χ0) is 42.2. The van der Waals surface area contributed by atoms with Gasteiger partial charge in [-0.3, -0.25) is 0 Å². The molecule has 0 unspecified atom stereocenters. The van der Waals surface area contributed by atoms with E-state index in [1.165, 1.54) is 60.0 Å². The quantitative estimate of drug-likeness (QED) is 0.167. The van der Waals surface area contributed by atoms with Gasteiger partial charge in [-0.05, 0) is 48.5 Å². The molecule has 7 aromatic carbocycles. The standard InChI is InChI=1S/C45H36B10N4O2/c46-31-29(32(47)36(51)39(54)35(31)50)44-56-43(57-45(58-44)30-33(48)37(52)40(55)38(53)34(30)49)17-9-11-21-24-16-18(10-14-27(24)60-28(21)15-17)59-25-7-3-1-5-19(25)22-12-13-23-20-6-2-4-8-26(20)61-42(23)41(22)59/h1-16H,46-55H2. The predicted molar refractivity (Wildman–Crippen MR) is 287 cm³/mol. The lowest BCUT2D eigenvalue weighted by Gasteiger charge is -2.22. The minimum atomic E-state index is 0.618. The van der Waals surface area contributed by atoms with E-state index in [0.29, 0.717) is 17.5 Å². The number of benzene rings is 7. The second-order valence-corrected chi connectivity index (χ2v) is 17.1. The molecule has 11 rings (SSSR count). The van der Waals surface area contributed by atoms with Gasteiger partial charge < -0.3 is 13.4 Å². The van der Waals surface area contributed by atoms with Crippen molar-refractivity contribution < 1.29 is 8.83 Å². The van der Waals surface area contributed by atoms with Gasteiger partial charge in [0, 0.05) is 54.7 Å². The maximum absolute atomic E-state index is 6.67. The zero-order valence-electron chi connectivity index (χ0n) is 36.3. The van der Waals surface area contributed by atoms with Crippen LogP contribution < -0.4 is 54.6 Å². The Bertz CT molecular complexity index is 3600. The fraction of sp³-hybridized carbons (Fsp3) is 0. The lowest BCUT2D eigenvalue weighted by molar-refractivity contribution is 0.669. The molecule has 16 heteroatoms. The van der Waals surface area contributed by atoms with E-state index in [-0.39, 0.29) is 0 Å². The van der Waals surface area contributed by atoms with Gasteiger partial charge in [0.1, 0.15) is 95.2 Å². The summed E-state index contributed by atoms with van der Waals surface area (Å²) in [6, 6.07) is 34.2. The molecule has 0 amide bonds. The fourth-order valence-electron chi connectivity index (χ4n) is 9.94. The average Bonchev–Trinajstić information content (AvgIpc) is 3.95. The van der Waals surface area contributed by atoms with E-state index in [2.05, 4.69) is 168 Å². The summed E-state index contributed by atoms with van der Waals surface area (Å²) in [5.41, 5.74) is 22.1. The summed E-state index contributed by atoms with van der Waals surface area (Å²) in [5.74, 6) is 2.00. The molecule has 0 bridgehead atoms. The molecule has 0 fully saturated rings. The summed E-state index contributed by atoms with van der Waals surface area (Å²) in [6.45, 7) is 0. The van der Waals surface area contributed by atoms with Crippen LogP contribution in [-0.4, -0.2) is 98.0 Å². The van der Waals surface area contributed by atoms with Crippen LogP contribution in [0.15, 0.2) is 106 Å². The topological polar surface area (TPSA) is 69.9 Å². The SMILES string of the molecule is Bc1c(B)c(B)c(-c2nc(-c3ccc4c(c3)oc3ccc(-n5c6ccccc6c6ccc7c8ccccc8oc7c65)cc34)nc(-c3c(B)c(B)c(B)c(B)c3B)n2)c(B)c1B. The molecule has 4 aromatic heterocycles. The van der Waals surface area contributed by atoms with Crippen molar-refractivity contribution in [2.45, 2.75) is 0 Å². The van der Waals surface area contributed by atoms with Crippen LogP contribution in [0, 0.1) is 0 Å². The number of para-hydroxylation sites is 2. The largest absolute Gasteiger partial charge is 0.456 e. The number of fused-ring (bicyclic) bond motifs is 10. The lowest BCUT2D eigenvalue weighted by Crippen LogP contribution is -2.55. The molecular weight excluding hydrogens is 737 g/mol. The Kier molecular flexibility index (Phi) is 8.35. The van der Waals surface area contributed by atoms with Crippen LogP contribution in [-0.2, 0) is 0 Å². The van der Waals surface area contributed by atoms with Crippen LogP contribution in [0.5, 0.6) is 0 Å². The number of hydrogen-bond acceptors (Lipinski definition) is 5. The Labute approximate surface area is 362 Å². The Morgan fingerprint density at radius 3 is 1.54 bits per heavy atom. The van der Waals surface area contributed by atoms with Gasteiger partial charge >= 0.3 is 0 Å². The van der Waals surface area contributed by atoms with Crippen molar-refractivity contribution in [2.24, 2.45) is 0 Å². The number of rotatable bonds is 4. The molecule has 0 saturated carbocycles. The van der Waals surface area contributed by atoms with Crippen LogP contribution in [0.4, 0.5) is 0 Å². The first-order valence-corrected chi connectivity index (χ1v) is 21.1. The summed E-state index contributed by atoms with van der Waals surface area (Å²) >= 11 is 0. The molecular formula is C45H36B10N4O2. The Hall–Kier alpha value is -6.40. The van der Waals surface area contributed by atoms with Gasteiger partial charge in [0.05, 0.1) is 11.0 Å². The third kappa shape index (κ3) is 5.40. The Balaban J connectivity index is 1.12. The number of aromatic nitrogens is 4. The monoisotopic (exact) mass is 774 g/mol. The summed E-state index contributed by atoms with van der Waals surface area (Å²) in [5, 5.41) is 6.62. The Morgan fingerprint density at radius 2 is 0.885 bits per heavy atom. The van der Waals surface area contributed by atoms with Gasteiger partial charge in [0.2, 0.25) is 0 Å². The fourth-order valence-corrected chi connectivity index (χ4v) is 9.94. The highest BCUT2D eigenvalue weighted by atomic mass is 16.3. The van der Waals surface area contributed by atoms with Gasteiger partial charge in [-0.2, -0.15) is 0 Å². The number of nitrogens with zero attached hydrogens (tertiary/aromatic N) is 4. The highest BCUT2D eigenvalue weighted by Crippen LogP contribution is 2.41. The van der Waals surface area contributed by atoms with Crippen molar-refractivity contribution in [3.8, 4) is 39.9 Å². The Morgan fingerprint density at radius 1 is 0.377 bits per heavy atom. The van der Waals surface area contributed by atoms with Crippen LogP contribution in [0.3, 0.4) is 0 Å². The highest BCUT2D eigenvalue weighted by molar-refractivity contribution is 6.70. The molecule has 11 aromatic rings. The van der Waals surface area contributed by atoms with Crippen molar-refractivity contribution >= 4 is 199 Å². The van der Waals surface area contributed by atoms with Crippen molar-refractivity contribution in [1.29, 1.82) is 0 Å². The maximum Gasteiger partial charge on any atom is 0.164 e. The van der Waals surface area contributed by atoms with Crippen molar-refractivity contribution in [3.63, 3.8) is 0 Å². The van der Waals surface area contributed by atoms with E-state index >= 15 is 0 Å². The molecule has 4 heterocycles. The third-order valence-electron chi connectivity index (χ3n) is 14.2. The second kappa shape index (κ2) is 13.6. The molecule has 61 heavy (non-hydrogen) atoms. The van der Waals surface area contributed by atoms with E-state index in [1.807, 2.05) is 12.1 Å². The summed E-state index contributed by atoms with van der Waals surface area (Å²) in [4.78, 5) is 15.9. The lowest BCUT2D eigenvalue weighted by atomic mass is 9.60. The molecule has 0 spiro atoms. The zero-order valence-corrected chi connectivity index (χ0v) is 36.3. The van der Waals surface area contributed by atoms with Gasteiger partial charge in [-0.1, -0.05) is 70.4 Å². The number of furan rings is 2. The first kappa shape index (κ1) is 37.6. The van der Waals surface area contributed by atoms with E-state index < -0.39 is 0 Å². The second-order valence-electron chi connectivity index (χ2n) is 17.1. The van der Waals surface area contributed by atoms with Crippen LogP contribution in [0.2, 0.25) is 0 Å². The minimum absolute atomic E-state index is 0.618. The van der Waals surface area contributed by atoms with Gasteiger partial charge in [0.15, 0.2) is 23.1 Å². The first-order valence-electron chi connectivity index (χ1n) is 21.1. The van der Waals surface area contributed by atoms with Crippen LogP contribution >= 0.6 is 0 Å². The molecule has 0 aliphatic heterocycles. The van der Waals surface area contributed by atoms with Crippen molar-refractivity contribution in [3.05, 3.63) is 97.1 Å². The normalized spacial score (nSPS) is 11.9. The first-order chi connectivity index (χ1) is 29.4. The van der Waals surface area contributed by atoms with E-state index in [0.717, 1.165) is 82.7 Å². The molecule has 278 valence electrons. The predicted octanol–water partition coefficient (Wildman–Crippen LogP) is -5.65. The minimum Gasteiger partial charge on any atom is -0.456 e. The summed E-state index contributed by atoms with van der Waals surface area (Å²) in [6.07, 6.45) is 0. The van der Waals surface area contributed by atoms with Gasteiger partial charge in [-0.25, -0.2) is 15.0 Å². The molecule has 0 aliphatic carbocycles. The number of hydrogen-bond donors (Lipinski definition) is 0. The van der Waals surface area contributed by atoms with Crippen molar-refractivity contribution in [2.75, 3.05) is 0 Å². The molecule has 0 aliphatic rings. The highest BCUT2D eigenvalue weighted by Gasteiger charge is 2.23. The average molecular weight is 773 g/mol. The summed E-state index contributed by atoms with van der Waals surface area (Å²) < 4.78 is 15.6. The van der Waals surface area contributed by atoms with Crippen LogP contribution in [0.1, 0.15) is 0 Å². The molecule has 0 atom stereocenters. The van der Waals surface area contributed by atoms with E-state index in [1.54, 1.807) is 0 Å². The molecule has 0 saturated heterocycles. The molecule has 6 nitrogen and oxygen atoms in total. The molecule has 0 radical (unpaired) electrons. The van der Waals surface area contributed by atoms with Crippen molar-refractivity contribution in [1.82, 2.24) is 19.5 Å². The van der Waals surface area contributed by atoms with E-state index in [9.17, 15) is 0 Å². The maximum atomic E-state index is 6.67. The van der Waals surface area contributed by atoms with Crippen LogP contribution in [0.25, 0.3) is 106 Å². The summed E-state index contributed by atoms with van der Waals surface area (Å²) in [7, 11) is 22.0. The molecule has 0 N–H and O–H groups in total. The smallest absolute Gasteiger partial charge is 0.164 e. The van der Waals surface area contributed by atoms with Gasteiger partial charge in [-0.15, -0.1) is 32.8 Å².